The van der Waals surface area contributed by atoms with Gasteiger partial charge in [0.2, 0.25) is 5.91 Å². The first-order valence-corrected chi connectivity index (χ1v) is 8.42. The lowest BCUT2D eigenvalue weighted by Gasteiger charge is -2.35. The zero-order valence-corrected chi connectivity index (χ0v) is 13.0. The van der Waals surface area contributed by atoms with Crippen LogP contribution in [0.15, 0.2) is 0 Å². The quantitative estimate of drug-likeness (QED) is 0.810. The van der Waals surface area contributed by atoms with Gasteiger partial charge < -0.3 is 16.0 Å². The molecular formula is C16H31N3O. The summed E-state index contributed by atoms with van der Waals surface area (Å²) in [5.74, 6) is 0.170. The third kappa shape index (κ3) is 4.74. The molecule has 1 heterocycles. The Labute approximate surface area is 123 Å². The smallest absolute Gasteiger partial charge is 0.222 e. The van der Waals surface area contributed by atoms with E-state index >= 15 is 0 Å². The van der Waals surface area contributed by atoms with E-state index in [4.69, 9.17) is 5.73 Å². The van der Waals surface area contributed by atoms with Gasteiger partial charge in [0.15, 0.2) is 0 Å². The van der Waals surface area contributed by atoms with E-state index in [2.05, 4.69) is 17.1 Å². The number of carbonyl (C=O) groups excluding carboxylic acids is 1. The monoisotopic (exact) mass is 281 g/mol. The number of rotatable bonds is 5. The molecule has 4 nitrogen and oxygen atoms in total. The van der Waals surface area contributed by atoms with Crippen molar-refractivity contribution in [3.63, 3.8) is 0 Å². The Morgan fingerprint density at radius 1 is 1.25 bits per heavy atom. The summed E-state index contributed by atoms with van der Waals surface area (Å²) in [5, 5.41) is 3.21. The van der Waals surface area contributed by atoms with E-state index in [0.29, 0.717) is 12.5 Å². The molecule has 1 aliphatic heterocycles. The van der Waals surface area contributed by atoms with E-state index < -0.39 is 0 Å². The van der Waals surface area contributed by atoms with Gasteiger partial charge in [-0.3, -0.25) is 4.79 Å². The number of carbonyl (C=O) groups is 1. The SMILES string of the molecule is CCCN1CCC(NC(=O)CC2(N)CCCCC2)CC1. The van der Waals surface area contributed by atoms with Crippen molar-refractivity contribution >= 4 is 5.91 Å². The van der Waals surface area contributed by atoms with Crippen LogP contribution >= 0.6 is 0 Å². The van der Waals surface area contributed by atoms with E-state index in [1.54, 1.807) is 0 Å². The fourth-order valence-electron chi connectivity index (χ4n) is 3.65. The van der Waals surface area contributed by atoms with Crippen molar-refractivity contribution in [1.29, 1.82) is 0 Å². The van der Waals surface area contributed by atoms with Gasteiger partial charge in [0.05, 0.1) is 0 Å². The second-order valence-electron chi connectivity index (χ2n) is 6.78. The van der Waals surface area contributed by atoms with Gasteiger partial charge in [-0.25, -0.2) is 0 Å². The zero-order chi connectivity index (χ0) is 14.4. The summed E-state index contributed by atoms with van der Waals surface area (Å²) in [6, 6.07) is 0.364. The third-order valence-electron chi connectivity index (χ3n) is 4.85. The maximum atomic E-state index is 12.2. The molecule has 0 atom stereocenters. The molecule has 0 aromatic carbocycles. The minimum absolute atomic E-state index is 0.170. The van der Waals surface area contributed by atoms with Crippen LogP contribution in [0, 0.1) is 0 Å². The van der Waals surface area contributed by atoms with E-state index in [1.165, 1.54) is 32.2 Å². The van der Waals surface area contributed by atoms with E-state index in [1.807, 2.05) is 0 Å². The van der Waals surface area contributed by atoms with Crippen LogP contribution in [0.25, 0.3) is 0 Å². The van der Waals surface area contributed by atoms with Crippen LogP contribution in [-0.2, 0) is 4.79 Å². The van der Waals surface area contributed by atoms with Crippen LogP contribution in [-0.4, -0.2) is 42.0 Å². The number of nitrogens with two attached hydrogens (primary N) is 1. The first-order chi connectivity index (χ1) is 9.61. The van der Waals surface area contributed by atoms with Gasteiger partial charge in [-0.15, -0.1) is 0 Å². The molecule has 1 saturated carbocycles. The van der Waals surface area contributed by atoms with Crippen LogP contribution < -0.4 is 11.1 Å². The summed E-state index contributed by atoms with van der Waals surface area (Å²) >= 11 is 0. The number of amides is 1. The molecule has 0 unspecified atom stereocenters. The van der Waals surface area contributed by atoms with Crippen LogP contribution in [0.3, 0.4) is 0 Å². The zero-order valence-electron chi connectivity index (χ0n) is 13.0. The third-order valence-corrected chi connectivity index (χ3v) is 4.85. The van der Waals surface area contributed by atoms with Gasteiger partial charge in [-0.05, 0) is 38.6 Å². The first kappa shape index (κ1) is 15.8. The van der Waals surface area contributed by atoms with Crippen molar-refractivity contribution in [2.45, 2.75) is 76.3 Å². The van der Waals surface area contributed by atoms with Gasteiger partial charge >= 0.3 is 0 Å². The molecule has 1 aliphatic carbocycles. The fraction of sp³-hybridized carbons (Fsp3) is 0.938. The Balaban J connectivity index is 1.70. The number of nitrogens with one attached hydrogen (secondary N) is 1. The second kappa shape index (κ2) is 7.41. The van der Waals surface area contributed by atoms with Crippen molar-refractivity contribution in [2.75, 3.05) is 19.6 Å². The number of hydrogen-bond donors (Lipinski definition) is 2. The molecule has 4 heteroatoms. The van der Waals surface area contributed by atoms with Crippen LogP contribution in [0.2, 0.25) is 0 Å². The lowest BCUT2D eigenvalue weighted by molar-refractivity contribution is -0.123. The van der Waals surface area contributed by atoms with Crippen molar-refractivity contribution in [3.05, 3.63) is 0 Å². The van der Waals surface area contributed by atoms with Crippen LogP contribution in [0.5, 0.6) is 0 Å². The molecule has 0 radical (unpaired) electrons. The molecule has 116 valence electrons. The minimum atomic E-state index is -0.231. The molecule has 0 spiro atoms. The lowest BCUT2D eigenvalue weighted by Crippen LogP contribution is -2.49. The highest BCUT2D eigenvalue weighted by atomic mass is 16.1. The highest BCUT2D eigenvalue weighted by Crippen LogP contribution is 2.28. The average Bonchev–Trinajstić information content (AvgIpc) is 2.41. The minimum Gasteiger partial charge on any atom is -0.353 e. The summed E-state index contributed by atoms with van der Waals surface area (Å²) in [6.07, 6.45) is 9.56. The van der Waals surface area contributed by atoms with Gasteiger partial charge in [0.25, 0.3) is 0 Å². The summed E-state index contributed by atoms with van der Waals surface area (Å²) in [6.45, 7) is 5.64. The van der Waals surface area contributed by atoms with E-state index in [0.717, 1.165) is 38.8 Å². The number of hydrogen-bond acceptors (Lipinski definition) is 3. The van der Waals surface area contributed by atoms with Gasteiger partial charge in [0, 0.05) is 31.1 Å². The van der Waals surface area contributed by atoms with Gasteiger partial charge in [-0.2, -0.15) is 0 Å². The molecule has 20 heavy (non-hydrogen) atoms. The Morgan fingerprint density at radius 3 is 2.50 bits per heavy atom. The Hall–Kier alpha value is -0.610. The highest BCUT2D eigenvalue weighted by Gasteiger charge is 2.31. The van der Waals surface area contributed by atoms with Crippen molar-refractivity contribution in [3.8, 4) is 0 Å². The predicted octanol–water partition coefficient (Wildman–Crippen LogP) is 2.03. The standard InChI is InChI=1S/C16H31N3O/c1-2-10-19-11-6-14(7-12-19)18-15(20)13-16(17)8-4-3-5-9-16/h14H,2-13,17H2,1H3,(H,18,20). The Morgan fingerprint density at radius 2 is 1.90 bits per heavy atom. The summed E-state index contributed by atoms with van der Waals surface area (Å²) < 4.78 is 0. The second-order valence-corrected chi connectivity index (χ2v) is 6.78. The average molecular weight is 281 g/mol. The summed E-state index contributed by atoms with van der Waals surface area (Å²) in [4.78, 5) is 14.7. The first-order valence-electron chi connectivity index (χ1n) is 8.42. The molecule has 1 saturated heterocycles. The highest BCUT2D eigenvalue weighted by molar-refractivity contribution is 5.77. The molecule has 2 fully saturated rings. The number of likely N-dealkylation sites (tertiary alicyclic amines) is 1. The maximum absolute atomic E-state index is 12.2. The molecule has 0 bridgehead atoms. The topological polar surface area (TPSA) is 58.4 Å². The largest absolute Gasteiger partial charge is 0.353 e. The lowest BCUT2D eigenvalue weighted by atomic mass is 9.80. The van der Waals surface area contributed by atoms with Crippen molar-refractivity contribution in [2.24, 2.45) is 5.73 Å². The van der Waals surface area contributed by atoms with Crippen molar-refractivity contribution < 1.29 is 4.79 Å². The summed E-state index contributed by atoms with van der Waals surface area (Å²) in [7, 11) is 0. The van der Waals surface area contributed by atoms with E-state index in [9.17, 15) is 4.79 Å². The van der Waals surface area contributed by atoms with Gasteiger partial charge in [0.1, 0.15) is 0 Å². The molecular weight excluding hydrogens is 250 g/mol. The van der Waals surface area contributed by atoms with E-state index in [-0.39, 0.29) is 11.4 Å². The van der Waals surface area contributed by atoms with Crippen molar-refractivity contribution in [1.82, 2.24) is 10.2 Å². The predicted molar refractivity (Wildman–Crippen MR) is 82.5 cm³/mol. The maximum Gasteiger partial charge on any atom is 0.222 e. The molecule has 0 aromatic rings. The Bertz CT molecular complexity index is 305. The molecule has 3 N–H and O–H groups in total. The molecule has 1 amide bonds. The normalized spacial score (nSPS) is 24.5. The molecule has 0 aromatic heterocycles. The number of piperidine rings is 1. The van der Waals surface area contributed by atoms with Crippen LogP contribution in [0.4, 0.5) is 0 Å². The fourth-order valence-corrected chi connectivity index (χ4v) is 3.65. The van der Waals surface area contributed by atoms with Crippen LogP contribution in [0.1, 0.15) is 64.7 Å². The van der Waals surface area contributed by atoms with Gasteiger partial charge in [-0.1, -0.05) is 26.2 Å². The molecule has 2 aliphatic rings. The molecule has 2 rings (SSSR count). The summed E-state index contributed by atoms with van der Waals surface area (Å²) in [5.41, 5.74) is 6.13. The number of nitrogens with zero attached hydrogens (tertiary/aromatic N) is 1. The Kier molecular flexibility index (Phi) is 5.85.